The summed E-state index contributed by atoms with van der Waals surface area (Å²) in [6, 6.07) is 7.14. The standard InChI is InChI=1S/C19H22N6OS2/c1-13(25-17(22-23-19(25)27)15-8-6-12-28-15)18(26)21-14-7-5-9-20-16(14)24-10-3-2-4-11-24/h5-9,12-13H,2-4,10-11H2,1H3,(H,21,26)(H,23,27). The first-order chi connectivity index (χ1) is 13.6. The van der Waals surface area contributed by atoms with E-state index >= 15 is 0 Å². The number of rotatable bonds is 5. The third-order valence-corrected chi connectivity index (χ3v) is 6.07. The number of aromatic amines is 1. The number of hydrogen-bond acceptors (Lipinski definition) is 6. The van der Waals surface area contributed by atoms with E-state index in [4.69, 9.17) is 12.2 Å². The lowest BCUT2D eigenvalue weighted by Crippen LogP contribution is -2.32. The molecule has 1 amide bonds. The number of carbonyl (C=O) groups excluding carboxylic acids is 1. The van der Waals surface area contributed by atoms with Gasteiger partial charge in [0.1, 0.15) is 6.04 Å². The molecule has 146 valence electrons. The van der Waals surface area contributed by atoms with Crippen LogP contribution in [0.4, 0.5) is 11.5 Å². The number of pyridine rings is 1. The first kappa shape index (κ1) is 18.8. The molecule has 1 aliphatic heterocycles. The Morgan fingerprint density at radius 1 is 1.29 bits per heavy atom. The van der Waals surface area contributed by atoms with Crippen LogP contribution in [-0.2, 0) is 4.79 Å². The maximum Gasteiger partial charge on any atom is 0.247 e. The summed E-state index contributed by atoms with van der Waals surface area (Å²) in [5.41, 5.74) is 0.730. The number of amides is 1. The van der Waals surface area contributed by atoms with E-state index in [1.807, 2.05) is 36.6 Å². The normalized spacial score (nSPS) is 15.4. The molecule has 7 nitrogen and oxygen atoms in total. The van der Waals surface area contributed by atoms with E-state index in [1.54, 1.807) is 22.1 Å². The minimum atomic E-state index is -0.516. The van der Waals surface area contributed by atoms with Crippen molar-refractivity contribution in [2.45, 2.75) is 32.2 Å². The lowest BCUT2D eigenvalue weighted by molar-refractivity contribution is -0.118. The Morgan fingerprint density at radius 2 is 2.11 bits per heavy atom. The zero-order chi connectivity index (χ0) is 19.5. The molecular formula is C19H22N6OS2. The van der Waals surface area contributed by atoms with Crippen LogP contribution in [0.1, 0.15) is 32.2 Å². The first-order valence-corrected chi connectivity index (χ1v) is 10.7. The van der Waals surface area contributed by atoms with Crippen molar-refractivity contribution in [1.82, 2.24) is 19.7 Å². The topological polar surface area (TPSA) is 78.8 Å². The van der Waals surface area contributed by atoms with Gasteiger partial charge in [-0.1, -0.05) is 6.07 Å². The van der Waals surface area contributed by atoms with Crippen molar-refractivity contribution in [2.75, 3.05) is 23.3 Å². The van der Waals surface area contributed by atoms with Gasteiger partial charge in [0.15, 0.2) is 16.4 Å². The van der Waals surface area contributed by atoms with E-state index in [0.717, 1.165) is 42.3 Å². The highest BCUT2D eigenvalue weighted by Gasteiger charge is 2.23. The van der Waals surface area contributed by atoms with Gasteiger partial charge < -0.3 is 10.2 Å². The van der Waals surface area contributed by atoms with Gasteiger partial charge in [0.2, 0.25) is 5.91 Å². The highest BCUT2D eigenvalue weighted by Crippen LogP contribution is 2.28. The van der Waals surface area contributed by atoms with Crippen LogP contribution in [0.5, 0.6) is 0 Å². The number of piperidine rings is 1. The maximum atomic E-state index is 13.1. The highest BCUT2D eigenvalue weighted by molar-refractivity contribution is 7.71. The number of carbonyl (C=O) groups is 1. The second-order valence-electron chi connectivity index (χ2n) is 6.79. The van der Waals surface area contributed by atoms with Gasteiger partial charge in [-0.2, -0.15) is 5.10 Å². The van der Waals surface area contributed by atoms with Crippen LogP contribution in [0.3, 0.4) is 0 Å². The summed E-state index contributed by atoms with van der Waals surface area (Å²) in [6.45, 7) is 3.75. The van der Waals surface area contributed by atoms with Crippen LogP contribution < -0.4 is 10.2 Å². The minimum absolute atomic E-state index is 0.151. The summed E-state index contributed by atoms with van der Waals surface area (Å²) in [4.78, 5) is 20.8. The first-order valence-electron chi connectivity index (χ1n) is 9.37. The van der Waals surface area contributed by atoms with Crippen molar-refractivity contribution in [3.63, 3.8) is 0 Å². The van der Waals surface area contributed by atoms with Gasteiger partial charge >= 0.3 is 0 Å². The molecule has 0 saturated carbocycles. The predicted octanol–water partition coefficient (Wildman–Crippen LogP) is 4.25. The molecule has 1 unspecified atom stereocenters. The van der Waals surface area contributed by atoms with E-state index in [0.29, 0.717) is 10.6 Å². The zero-order valence-corrected chi connectivity index (χ0v) is 17.2. The molecule has 0 bridgehead atoms. The molecule has 0 radical (unpaired) electrons. The molecule has 28 heavy (non-hydrogen) atoms. The monoisotopic (exact) mass is 414 g/mol. The predicted molar refractivity (Wildman–Crippen MR) is 114 cm³/mol. The van der Waals surface area contributed by atoms with Gasteiger partial charge in [0, 0.05) is 19.3 Å². The Morgan fingerprint density at radius 3 is 2.86 bits per heavy atom. The molecule has 3 aromatic rings. The highest BCUT2D eigenvalue weighted by atomic mass is 32.1. The second-order valence-corrected chi connectivity index (χ2v) is 8.12. The van der Waals surface area contributed by atoms with E-state index in [-0.39, 0.29) is 5.91 Å². The fourth-order valence-electron chi connectivity index (χ4n) is 3.45. The van der Waals surface area contributed by atoms with E-state index in [9.17, 15) is 4.79 Å². The molecular weight excluding hydrogens is 392 g/mol. The van der Waals surface area contributed by atoms with Gasteiger partial charge in [0.25, 0.3) is 0 Å². The molecule has 1 fully saturated rings. The average molecular weight is 415 g/mol. The van der Waals surface area contributed by atoms with E-state index in [2.05, 4.69) is 25.4 Å². The Hall–Kier alpha value is -2.52. The number of anilines is 2. The molecule has 0 aliphatic carbocycles. The summed E-state index contributed by atoms with van der Waals surface area (Å²) in [7, 11) is 0. The number of hydrogen-bond donors (Lipinski definition) is 2. The van der Waals surface area contributed by atoms with Crippen molar-refractivity contribution < 1.29 is 4.79 Å². The summed E-state index contributed by atoms with van der Waals surface area (Å²) in [5.74, 6) is 1.35. The molecule has 1 atom stereocenters. The van der Waals surface area contributed by atoms with E-state index in [1.165, 1.54) is 6.42 Å². The molecule has 0 aromatic carbocycles. The summed E-state index contributed by atoms with van der Waals surface area (Å²) < 4.78 is 2.18. The number of nitrogens with one attached hydrogen (secondary N) is 2. The van der Waals surface area contributed by atoms with Crippen molar-refractivity contribution in [3.8, 4) is 10.7 Å². The van der Waals surface area contributed by atoms with Gasteiger partial charge in [-0.25, -0.2) is 4.98 Å². The van der Waals surface area contributed by atoms with Crippen LogP contribution in [0.15, 0.2) is 35.8 Å². The molecule has 0 spiro atoms. The number of thiophene rings is 1. The van der Waals surface area contributed by atoms with Crippen molar-refractivity contribution in [3.05, 3.63) is 40.6 Å². The van der Waals surface area contributed by atoms with Crippen molar-refractivity contribution in [2.24, 2.45) is 0 Å². The Balaban J connectivity index is 1.59. The Kier molecular flexibility index (Phi) is 5.54. The Labute approximate surface area is 172 Å². The summed E-state index contributed by atoms with van der Waals surface area (Å²) in [6.07, 6.45) is 5.31. The maximum absolute atomic E-state index is 13.1. The number of H-pyrrole nitrogens is 1. The largest absolute Gasteiger partial charge is 0.355 e. The van der Waals surface area contributed by atoms with Crippen LogP contribution in [0.2, 0.25) is 0 Å². The second kappa shape index (κ2) is 8.24. The summed E-state index contributed by atoms with van der Waals surface area (Å²) >= 11 is 6.94. The van der Waals surface area contributed by atoms with Gasteiger partial charge in [-0.3, -0.25) is 14.5 Å². The smallest absolute Gasteiger partial charge is 0.247 e. The van der Waals surface area contributed by atoms with Crippen LogP contribution in [-0.4, -0.2) is 38.7 Å². The van der Waals surface area contributed by atoms with Gasteiger partial charge in [0.05, 0.1) is 10.6 Å². The molecule has 2 N–H and O–H groups in total. The van der Waals surface area contributed by atoms with Crippen LogP contribution in [0, 0.1) is 4.77 Å². The van der Waals surface area contributed by atoms with Gasteiger partial charge in [-0.15, -0.1) is 11.3 Å². The summed E-state index contributed by atoms with van der Waals surface area (Å²) in [5, 5.41) is 12.1. The SMILES string of the molecule is CC(C(=O)Nc1cccnc1N1CCCCC1)n1c(-c2cccs2)n[nH]c1=S. The van der Waals surface area contributed by atoms with Crippen molar-refractivity contribution >= 4 is 41.0 Å². The molecule has 4 rings (SSSR count). The molecule has 1 saturated heterocycles. The van der Waals surface area contributed by atoms with Crippen LogP contribution >= 0.6 is 23.6 Å². The van der Waals surface area contributed by atoms with Crippen molar-refractivity contribution in [1.29, 1.82) is 0 Å². The van der Waals surface area contributed by atoms with Gasteiger partial charge in [-0.05, 0) is 62.0 Å². The fourth-order valence-corrected chi connectivity index (χ4v) is 4.45. The lowest BCUT2D eigenvalue weighted by Gasteiger charge is -2.29. The number of nitrogens with zero attached hydrogens (tertiary/aromatic N) is 4. The Bertz CT molecular complexity index is 1000. The fraction of sp³-hybridized carbons (Fsp3) is 0.368. The van der Waals surface area contributed by atoms with Crippen LogP contribution in [0.25, 0.3) is 10.7 Å². The zero-order valence-electron chi connectivity index (χ0n) is 15.6. The molecule has 4 heterocycles. The molecule has 9 heteroatoms. The average Bonchev–Trinajstić information content (AvgIpc) is 3.38. The minimum Gasteiger partial charge on any atom is -0.355 e. The quantitative estimate of drug-likeness (QED) is 0.610. The lowest BCUT2D eigenvalue weighted by atomic mass is 10.1. The third kappa shape index (κ3) is 3.72. The molecule has 1 aliphatic rings. The third-order valence-electron chi connectivity index (χ3n) is 4.91. The van der Waals surface area contributed by atoms with E-state index < -0.39 is 6.04 Å². The molecule has 3 aromatic heterocycles. The number of aromatic nitrogens is 4.